The molecule has 0 saturated carbocycles. The van der Waals surface area contributed by atoms with E-state index in [-0.39, 0.29) is 11.9 Å². The smallest absolute Gasteiger partial charge is 0.256 e. The van der Waals surface area contributed by atoms with E-state index in [4.69, 9.17) is 4.98 Å². The Hall–Kier alpha value is -2.54. The number of nitrogens with zero attached hydrogens (tertiary/aromatic N) is 1. The van der Waals surface area contributed by atoms with Crippen LogP contribution < -0.4 is 15.1 Å². The van der Waals surface area contributed by atoms with Gasteiger partial charge in [0.15, 0.2) is 6.04 Å². The van der Waals surface area contributed by atoms with Crippen molar-refractivity contribution in [2.45, 2.75) is 19.9 Å². The molecule has 0 radical (unpaired) electrons. The third kappa shape index (κ3) is 4.31. The van der Waals surface area contributed by atoms with Crippen molar-refractivity contribution in [2.75, 3.05) is 38.5 Å². The van der Waals surface area contributed by atoms with Gasteiger partial charge in [-0.2, -0.15) is 0 Å². The van der Waals surface area contributed by atoms with Crippen molar-refractivity contribution < 1.29 is 14.6 Å². The molecule has 4 rings (SSSR count). The molecule has 30 heavy (non-hydrogen) atoms. The van der Waals surface area contributed by atoms with Crippen molar-refractivity contribution in [3.05, 3.63) is 82.0 Å². The van der Waals surface area contributed by atoms with Gasteiger partial charge in [0.05, 0.1) is 12.6 Å². The molecule has 0 bridgehead atoms. The zero-order valence-electron chi connectivity index (χ0n) is 17.9. The van der Waals surface area contributed by atoms with Gasteiger partial charge in [0.2, 0.25) is 0 Å². The molecule has 1 aliphatic rings. The van der Waals surface area contributed by atoms with Crippen molar-refractivity contribution in [3.8, 4) is 0 Å². The molecule has 0 unspecified atom stereocenters. The molecule has 5 nitrogen and oxygen atoms in total. The second-order valence-corrected chi connectivity index (χ2v) is 9.37. The average molecular weight is 423 g/mol. The quantitative estimate of drug-likeness (QED) is 0.584. The zero-order valence-corrected chi connectivity index (χ0v) is 18.7. The summed E-state index contributed by atoms with van der Waals surface area (Å²) in [5, 5.41) is 4.17. The fourth-order valence-corrected chi connectivity index (χ4v) is 5.34. The number of hydrogen-bond acceptors (Lipinski definition) is 3. The number of rotatable bonds is 5. The highest BCUT2D eigenvalue weighted by molar-refractivity contribution is 7.16. The summed E-state index contributed by atoms with van der Waals surface area (Å²) in [7, 11) is 2.26. The summed E-state index contributed by atoms with van der Waals surface area (Å²) in [6.45, 7) is 8.79. The van der Waals surface area contributed by atoms with Crippen LogP contribution in [0.4, 0.5) is 5.00 Å². The first-order valence-electron chi connectivity index (χ1n) is 10.6. The molecule has 1 amide bonds. The number of aryl methyl sites for hydroxylation is 1. The Morgan fingerprint density at radius 2 is 1.73 bits per heavy atom. The minimum atomic E-state index is -0.0595. The van der Waals surface area contributed by atoms with Crippen LogP contribution in [-0.4, -0.2) is 44.1 Å². The highest BCUT2D eigenvalue weighted by Crippen LogP contribution is 2.38. The molecule has 0 spiro atoms. The van der Waals surface area contributed by atoms with Gasteiger partial charge in [-0.15, -0.1) is 11.3 Å². The molecule has 1 atom stereocenters. The highest BCUT2D eigenvalue weighted by Gasteiger charge is 2.36. The molecule has 1 fully saturated rings. The van der Waals surface area contributed by atoms with Crippen LogP contribution in [0.25, 0.3) is 0 Å². The van der Waals surface area contributed by atoms with Crippen molar-refractivity contribution in [3.63, 3.8) is 0 Å². The molecule has 1 aliphatic heterocycles. The predicted octanol–water partition coefficient (Wildman–Crippen LogP) is 1.51. The molecule has 2 aromatic heterocycles. The minimum absolute atomic E-state index is 0.0595. The van der Waals surface area contributed by atoms with Crippen LogP contribution in [0.2, 0.25) is 0 Å². The van der Waals surface area contributed by atoms with Gasteiger partial charge in [-0.1, -0.05) is 24.3 Å². The van der Waals surface area contributed by atoms with E-state index in [2.05, 4.69) is 38.3 Å². The average Bonchev–Trinajstić information content (AvgIpc) is 3.04. The summed E-state index contributed by atoms with van der Waals surface area (Å²) in [6.07, 6.45) is 1.87. The lowest BCUT2D eigenvalue weighted by atomic mass is 9.97. The fourth-order valence-electron chi connectivity index (χ4n) is 4.24. The Balaban J connectivity index is 1.74. The van der Waals surface area contributed by atoms with Crippen LogP contribution in [0.15, 0.2) is 54.7 Å². The number of amides is 1. The third-order valence-corrected chi connectivity index (χ3v) is 7.26. The SMILES string of the molecule is Cc1sc(NC(=O)c2ccccc2)c([C@H](c2ccccn2)[NH+]2CC[NH+](C)CC2)c1C. The van der Waals surface area contributed by atoms with E-state index >= 15 is 0 Å². The first kappa shape index (κ1) is 20.7. The van der Waals surface area contributed by atoms with E-state index in [0.29, 0.717) is 5.56 Å². The van der Waals surface area contributed by atoms with E-state index in [1.54, 1.807) is 16.2 Å². The first-order valence-corrected chi connectivity index (χ1v) is 11.4. The van der Waals surface area contributed by atoms with Gasteiger partial charge < -0.3 is 15.1 Å². The number of likely N-dealkylation sites (N-methyl/N-ethyl adjacent to an activating group) is 1. The van der Waals surface area contributed by atoms with Gasteiger partial charge in [-0.25, -0.2) is 0 Å². The summed E-state index contributed by atoms with van der Waals surface area (Å²) >= 11 is 1.67. The van der Waals surface area contributed by atoms with Crippen LogP contribution in [0.3, 0.4) is 0 Å². The molecular weight excluding hydrogens is 392 g/mol. The van der Waals surface area contributed by atoms with Gasteiger partial charge in [-0.05, 0) is 43.7 Å². The molecule has 156 valence electrons. The molecule has 3 N–H and O–H groups in total. The summed E-state index contributed by atoms with van der Waals surface area (Å²) < 4.78 is 0. The Kier molecular flexibility index (Phi) is 6.27. The minimum Gasteiger partial charge on any atom is -0.328 e. The van der Waals surface area contributed by atoms with E-state index in [1.807, 2.05) is 42.6 Å². The Morgan fingerprint density at radius 3 is 2.40 bits per heavy atom. The number of aromatic nitrogens is 1. The van der Waals surface area contributed by atoms with Gasteiger partial charge in [-0.3, -0.25) is 9.78 Å². The van der Waals surface area contributed by atoms with Crippen LogP contribution in [0, 0.1) is 13.8 Å². The number of nitrogens with one attached hydrogen (secondary N) is 3. The van der Waals surface area contributed by atoms with E-state index < -0.39 is 0 Å². The number of piperazine rings is 1. The second kappa shape index (κ2) is 9.08. The summed E-state index contributed by atoms with van der Waals surface area (Å²) in [6, 6.07) is 15.7. The summed E-state index contributed by atoms with van der Waals surface area (Å²) in [4.78, 5) is 22.0. The summed E-state index contributed by atoms with van der Waals surface area (Å²) in [5.41, 5.74) is 4.23. The molecular formula is C24H30N4OS+2. The highest BCUT2D eigenvalue weighted by atomic mass is 32.1. The van der Waals surface area contributed by atoms with Crippen molar-refractivity contribution in [1.29, 1.82) is 0 Å². The maximum atomic E-state index is 12.9. The van der Waals surface area contributed by atoms with E-state index in [0.717, 1.165) is 36.9 Å². The lowest BCUT2D eigenvalue weighted by Gasteiger charge is -2.33. The largest absolute Gasteiger partial charge is 0.328 e. The van der Waals surface area contributed by atoms with Crippen LogP contribution in [0.5, 0.6) is 0 Å². The van der Waals surface area contributed by atoms with Crippen molar-refractivity contribution >= 4 is 22.2 Å². The van der Waals surface area contributed by atoms with Gasteiger partial charge in [0.25, 0.3) is 5.91 Å². The maximum absolute atomic E-state index is 12.9. The number of carbonyl (C=O) groups excluding carboxylic acids is 1. The van der Waals surface area contributed by atoms with Crippen LogP contribution in [-0.2, 0) is 0 Å². The zero-order chi connectivity index (χ0) is 21.1. The lowest BCUT2D eigenvalue weighted by Crippen LogP contribution is -3.27. The standard InChI is InChI=1S/C24H28N4OS/c1-17-18(2)30-24(26-23(29)19-9-5-4-6-10-19)21(17)22(20-11-7-8-12-25-20)28-15-13-27(3)14-16-28/h4-12,22H,13-16H2,1-3H3,(H,26,29)/p+2/t22-/m0/s1. The first-order chi connectivity index (χ1) is 14.5. The maximum Gasteiger partial charge on any atom is 0.256 e. The number of carbonyl (C=O) groups is 1. The molecule has 3 heterocycles. The predicted molar refractivity (Wildman–Crippen MR) is 122 cm³/mol. The normalized spacial score (nSPS) is 20.0. The van der Waals surface area contributed by atoms with Gasteiger partial charge in [0, 0.05) is 16.6 Å². The number of pyridine rings is 1. The van der Waals surface area contributed by atoms with E-state index in [1.165, 1.54) is 20.9 Å². The van der Waals surface area contributed by atoms with Gasteiger partial charge in [0.1, 0.15) is 36.9 Å². The number of anilines is 1. The Labute approximate surface area is 182 Å². The molecule has 1 saturated heterocycles. The Morgan fingerprint density at radius 1 is 1.03 bits per heavy atom. The van der Waals surface area contributed by atoms with Gasteiger partial charge >= 0.3 is 0 Å². The Bertz CT molecular complexity index is 995. The summed E-state index contributed by atoms with van der Waals surface area (Å²) in [5.74, 6) is -0.0595. The number of thiophene rings is 1. The number of hydrogen-bond donors (Lipinski definition) is 3. The number of quaternary nitrogens is 2. The molecule has 3 aromatic rings. The third-order valence-electron chi connectivity index (χ3n) is 6.12. The lowest BCUT2D eigenvalue weighted by molar-refractivity contribution is -1.02. The molecule has 6 heteroatoms. The fraction of sp³-hybridized carbons (Fsp3) is 0.333. The van der Waals surface area contributed by atoms with Crippen LogP contribution in [0.1, 0.15) is 38.1 Å². The van der Waals surface area contributed by atoms with Crippen molar-refractivity contribution in [1.82, 2.24) is 4.98 Å². The van der Waals surface area contributed by atoms with Crippen molar-refractivity contribution in [2.24, 2.45) is 0 Å². The van der Waals surface area contributed by atoms with Crippen LogP contribution >= 0.6 is 11.3 Å². The monoisotopic (exact) mass is 422 g/mol. The number of benzene rings is 1. The molecule has 1 aromatic carbocycles. The second-order valence-electron chi connectivity index (χ2n) is 8.15. The topological polar surface area (TPSA) is 50.9 Å². The van der Waals surface area contributed by atoms with E-state index in [9.17, 15) is 4.79 Å². The molecule has 0 aliphatic carbocycles.